The van der Waals surface area contributed by atoms with Crippen molar-refractivity contribution >= 4 is 22.4 Å². The number of likely N-dealkylation sites (tertiary alicyclic amines) is 1. The van der Waals surface area contributed by atoms with Gasteiger partial charge in [0.15, 0.2) is 0 Å². The van der Waals surface area contributed by atoms with Gasteiger partial charge in [0, 0.05) is 18.8 Å². The van der Waals surface area contributed by atoms with Crippen molar-refractivity contribution in [1.82, 2.24) is 4.90 Å². The topological polar surface area (TPSA) is 63.4 Å². The summed E-state index contributed by atoms with van der Waals surface area (Å²) in [7, 11) is -1.39. The zero-order valence-electron chi connectivity index (χ0n) is 11.9. The molecule has 1 aromatic carbocycles. The van der Waals surface area contributed by atoms with Crippen molar-refractivity contribution in [3.8, 4) is 0 Å². The highest BCUT2D eigenvalue weighted by molar-refractivity contribution is 7.86. The van der Waals surface area contributed by atoms with Crippen molar-refractivity contribution in [2.45, 2.75) is 42.8 Å². The van der Waals surface area contributed by atoms with Gasteiger partial charge < -0.3 is 10.6 Å². The van der Waals surface area contributed by atoms with Crippen LogP contribution >= 0.6 is 0 Å². The average molecular weight is 294 g/mol. The molecule has 0 spiro atoms. The van der Waals surface area contributed by atoms with Crippen molar-refractivity contribution in [2.75, 3.05) is 18.8 Å². The molecule has 0 aromatic heterocycles. The lowest BCUT2D eigenvalue weighted by Gasteiger charge is -2.24. The predicted octanol–water partition coefficient (Wildman–Crippen LogP) is 2.17. The van der Waals surface area contributed by atoms with Gasteiger partial charge in [0.25, 0.3) is 0 Å². The van der Waals surface area contributed by atoms with E-state index < -0.39 is 16.0 Å². The van der Waals surface area contributed by atoms with Gasteiger partial charge in [0.1, 0.15) is 5.25 Å². The number of hydrogen-bond acceptors (Lipinski definition) is 3. The molecule has 5 heteroatoms. The number of nitrogens with two attached hydrogens (primary N) is 1. The monoisotopic (exact) mass is 294 g/mol. The van der Waals surface area contributed by atoms with E-state index in [0.717, 1.165) is 25.9 Å². The molecular weight excluding hydrogens is 272 g/mol. The van der Waals surface area contributed by atoms with Crippen LogP contribution in [0.5, 0.6) is 0 Å². The number of amides is 1. The Morgan fingerprint density at radius 2 is 1.80 bits per heavy atom. The molecule has 1 saturated heterocycles. The van der Waals surface area contributed by atoms with Gasteiger partial charge in [-0.25, -0.2) is 0 Å². The first-order valence-corrected chi connectivity index (χ1v) is 8.36. The van der Waals surface area contributed by atoms with Gasteiger partial charge in [0.2, 0.25) is 5.91 Å². The van der Waals surface area contributed by atoms with Gasteiger partial charge in [-0.05, 0) is 31.9 Å². The summed E-state index contributed by atoms with van der Waals surface area (Å²) < 4.78 is 12.5. The molecule has 0 bridgehead atoms. The van der Waals surface area contributed by atoms with Crippen molar-refractivity contribution in [3.63, 3.8) is 0 Å². The Morgan fingerprint density at radius 3 is 2.40 bits per heavy atom. The summed E-state index contributed by atoms with van der Waals surface area (Å²) >= 11 is 0. The van der Waals surface area contributed by atoms with Crippen LogP contribution in [0.1, 0.15) is 32.6 Å². The number of nitrogens with zero attached hydrogens (tertiary/aromatic N) is 1. The minimum Gasteiger partial charge on any atom is -0.398 e. The fraction of sp³-hybridized carbons (Fsp3) is 0.533. The summed E-state index contributed by atoms with van der Waals surface area (Å²) in [6.07, 6.45) is 4.43. The highest BCUT2D eigenvalue weighted by Gasteiger charge is 2.27. The van der Waals surface area contributed by atoms with E-state index in [4.69, 9.17) is 5.73 Å². The Bertz CT molecular complexity index is 496. The average Bonchev–Trinajstić information content (AvgIpc) is 2.74. The fourth-order valence-corrected chi connectivity index (χ4v) is 3.72. The Morgan fingerprint density at radius 1 is 1.20 bits per heavy atom. The largest absolute Gasteiger partial charge is 0.398 e. The first-order chi connectivity index (χ1) is 9.61. The number of anilines is 1. The maximum atomic E-state index is 12.5. The first-order valence-electron chi connectivity index (χ1n) is 7.15. The van der Waals surface area contributed by atoms with E-state index in [-0.39, 0.29) is 5.91 Å². The van der Waals surface area contributed by atoms with E-state index in [0.29, 0.717) is 10.6 Å². The predicted molar refractivity (Wildman–Crippen MR) is 81.8 cm³/mol. The van der Waals surface area contributed by atoms with Crippen LogP contribution in [0.25, 0.3) is 0 Å². The zero-order chi connectivity index (χ0) is 14.5. The second kappa shape index (κ2) is 6.88. The first kappa shape index (κ1) is 15.0. The molecule has 4 nitrogen and oxygen atoms in total. The molecule has 20 heavy (non-hydrogen) atoms. The van der Waals surface area contributed by atoms with Crippen LogP contribution in [0, 0.1) is 0 Å². The third-order valence-electron chi connectivity index (χ3n) is 3.72. The molecule has 1 aromatic rings. The number of rotatable bonds is 3. The number of hydrogen-bond donors (Lipinski definition) is 1. The lowest BCUT2D eigenvalue weighted by Crippen LogP contribution is -2.40. The fourth-order valence-electron chi connectivity index (χ4n) is 2.49. The Kier molecular flexibility index (Phi) is 5.17. The third-order valence-corrected chi connectivity index (χ3v) is 5.37. The summed E-state index contributed by atoms with van der Waals surface area (Å²) in [6.45, 7) is 3.30. The van der Waals surface area contributed by atoms with E-state index in [1.165, 1.54) is 12.8 Å². The van der Waals surface area contributed by atoms with E-state index in [9.17, 15) is 9.00 Å². The highest BCUT2D eigenvalue weighted by Crippen LogP contribution is 2.20. The van der Waals surface area contributed by atoms with Crippen LogP contribution in [0.3, 0.4) is 0 Å². The lowest BCUT2D eigenvalue weighted by molar-refractivity contribution is -0.130. The Labute approximate surface area is 122 Å². The van der Waals surface area contributed by atoms with Crippen molar-refractivity contribution < 1.29 is 9.00 Å². The zero-order valence-corrected chi connectivity index (χ0v) is 12.7. The van der Waals surface area contributed by atoms with Crippen molar-refractivity contribution in [3.05, 3.63) is 24.3 Å². The van der Waals surface area contributed by atoms with Crippen LogP contribution in [0.4, 0.5) is 5.69 Å². The minimum atomic E-state index is -1.39. The minimum absolute atomic E-state index is 0.0199. The molecule has 1 heterocycles. The summed E-state index contributed by atoms with van der Waals surface area (Å²) in [6, 6.07) is 7.05. The normalized spacial score (nSPS) is 19.1. The van der Waals surface area contributed by atoms with Crippen LogP contribution < -0.4 is 5.73 Å². The number of benzene rings is 1. The summed E-state index contributed by atoms with van der Waals surface area (Å²) in [5.41, 5.74) is 6.33. The van der Waals surface area contributed by atoms with Crippen LogP contribution in [-0.4, -0.2) is 33.4 Å². The summed E-state index contributed by atoms with van der Waals surface area (Å²) in [5.74, 6) is -0.0199. The molecule has 0 aliphatic carbocycles. The smallest absolute Gasteiger partial charge is 0.238 e. The molecule has 0 saturated carbocycles. The van der Waals surface area contributed by atoms with Gasteiger partial charge >= 0.3 is 0 Å². The molecule has 1 amide bonds. The number of carbonyl (C=O) groups excluding carboxylic acids is 1. The molecule has 1 aliphatic heterocycles. The number of carbonyl (C=O) groups is 1. The summed E-state index contributed by atoms with van der Waals surface area (Å²) in [4.78, 5) is 14.9. The van der Waals surface area contributed by atoms with Gasteiger partial charge in [0.05, 0.1) is 15.7 Å². The number of nitrogen functional groups attached to an aromatic ring is 1. The van der Waals surface area contributed by atoms with Crippen LogP contribution in [0.15, 0.2) is 29.2 Å². The van der Waals surface area contributed by atoms with Crippen LogP contribution in [0.2, 0.25) is 0 Å². The molecule has 2 atom stereocenters. The van der Waals surface area contributed by atoms with Crippen molar-refractivity contribution in [1.29, 1.82) is 0 Å². The maximum Gasteiger partial charge on any atom is 0.238 e. The highest BCUT2D eigenvalue weighted by atomic mass is 32.2. The Hall–Kier alpha value is -1.36. The second-order valence-electron chi connectivity index (χ2n) is 5.22. The molecule has 2 unspecified atom stereocenters. The quantitative estimate of drug-likeness (QED) is 0.869. The Balaban J connectivity index is 2.10. The maximum absolute atomic E-state index is 12.5. The van der Waals surface area contributed by atoms with Crippen molar-refractivity contribution in [2.24, 2.45) is 0 Å². The molecule has 110 valence electrons. The van der Waals surface area contributed by atoms with E-state index >= 15 is 0 Å². The molecule has 2 N–H and O–H groups in total. The van der Waals surface area contributed by atoms with Gasteiger partial charge in [-0.2, -0.15) is 0 Å². The molecule has 2 rings (SSSR count). The number of para-hydroxylation sites is 1. The second-order valence-corrected chi connectivity index (χ2v) is 6.96. The molecule has 0 radical (unpaired) electrons. The van der Waals surface area contributed by atoms with Gasteiger partial charge in [-0.3, -0.25) is 9.00 Å². The lowest BCUT2D eigenvalue weighted by atomic mass is 10.2. The molecule has 1 aliphatic rings. The summed E-state index contributed by atoms with van der Waals surface area (Å²) in [5, 5.41) is -0.544. The van der Waals surface area contributed by atoms with Gasteiger partial charge in [-0.1, -0.05) is 25.0 Å². The molecule has 1 fully saturated rings. The SMILES string of the molecule is CC(C(=O)N1CCCCCC1)S(=O)c1ccccc1N. The molecular formula is C15H22N2O2S. The third kappa shape index (κ3) is 3.39. The van der Waals surface area contributed by atoms with Gasteiger partial charge in [-0.15, -0.1) is 0 Å². The van der Waals surface area contributed by atoms with Crippen LogP contribution in [-0.2, 0) is 15.6 Å². The van der Waals surface area contributed by atoms with E-state index in [2.05, 4.69) is 0 Å². The van der Waals surface area contributed by atoms with E-state index in [1.54, 1.807) is 31.2 Å². The van der Waals surface area contributed by atoms with E-state index in [1.807, 2.05) is 4.90 Å². The standard InChI is InChI=1S/C15H22N2O2S/c1-12(15(18)17-10-6-2-3-7-11-17)20(19)14-9-5-4-8-13(14)16/h4-5,8-9,12H,2-3,6-7,10-11,16H2,1H3.